The standard InChI is InChI=1S/C13H14N2O/c1-9-4-2-3-5-10(9)11-6-7-15-13(16)12(11)8-14/h2-7H,8,14H2,1H3,(H,15,16). The number of pyridine rings is 1. The molecule has 0 amide bonds. The van der Waals surface area contributed by atoms with Crippen molar-refractivity contribution in [2.24, 2.45) is 5.73 Å². The lowest BCUT2D eigenvalue weighted by atomic mass is 9.97. The van der Waals surface area contributed by atoms with E-state index in [1.807, 2.05) is 37.3 Å². The van der Waals surface area contributed by atoms with Crippen LogP contribution in [0.3, 0.4) is 0 Å². The van der Waals surface area contributed by atoms with Crippen molar-refractivity contribution in [2.75, 3.05) is 0 Å². The molecule has 3 N–H and O–H groups in total. The van der Waals surface area contributed by atoms with Crippen molar-refractivity contribution in [2.45, 2.75) is 13.5 Å². The molecule has 0 saturated carbocycles. The molecule has 0 atom stereocenters. The summed E-state index contributed by atoms with van der Waals surface area (Å²) in [6.45, 7) is 2.27. The lowest BCUT2D eigenvalue weighted by Crippen LogP contribution is -2.16. The highest BCUT2D eigenvalue weighted by molar-refractivity contribution is 5.69. The zero-order chi connectivity index (χ0) is 11.5. The van der Waals surface area contributed by atoms with Crippen molar-refractivity contribution in [1.29, 1.82) is 0 Å². The first-order valence-electron chi connectivity index (χ1n) is 5.20. The van der Waals surface area contributed by atoms with Crippen molar-refractivity contribution < 1.29 is 0 Å². The second-order valence-corrected chi connectivity index (χ2v) is 3.72. The van der Waals surface area contributed by atoms with E-state index >= 15 is 0 Å². The van der Waals surface area contributed by atoms with Crippen molar-refractivity contribution >= 4 is 0 Å². The fourth-order valence-corrected chi connectivity index (χ4v) is 1.84. The molecule has 0 unspecified atom stereocenters. The lowest BCUT2D eigenvalue weighted by molar-refractivity contribution is 1.02. The third kappa shape index (κ3) is 1.77. The molecule has 3 nitrogen and oxygen atoms in total. The second-order valence-electron chi connectivity index (χ2n) is 3.72. The summed E-state index contributed by atoms with van der Waals surface area (Å²) >= 11 is 0. The van der Waals surface area contributed by atoms with Gasteiger partial charge in [0.15, 0.2) is 0 Å². The maximum Gasteiger partial charge on any atom is 0.253 e. The summed E-state index contributed by atoms with van der Waals surface area (Å²) < 4.78 is 0. The van der Waals surface area contributed by atoms with E-state index in [0.29, 0.717) is 5.56 Å². The van der Waals surface area contributed by atoms with Gasteiger partial charge in [-0.1, -0.05) is 24.3 Å². The minimum Gasteiger partial charge on any atom is -0.329 e. The number of rotatable bonds is 2. The number of aromatic nitrogens is 1. The largest absolute Gasteiger partial charge is 0.329 e. The van der Waals surface area contributed by atoms with Gasteiger partial charge in [0.1, 0.15) is 0 Å². The Kier molecular flexibility index (Phi) is 2.88. The zero-order valence-corrected chi connectivity index (χ0v) is 9.16. The minimum atomic E-state index is -0.108. The average Bonchev–Trinajstić information content (AvgIpc) is 2.29. The quantitative estimate of drug-likeness (QED) is 0.801. The Labute approximate surface area is 93.9 Å². The molecule has 82 valence electrons. The van der Waals surface area contributed by atoms with E-state index in [0.717, 1.165) is 16.7 Å². The molecule has 2 aromatic rings. The van der Waals surface area contributed by atoms with Gasteiger partial charge in [-0.25, -0.2) is 0 Å². The maximum atomic E-state index is 11.6. The van der Waals surface area contributed by atoms with E-state index in [1.54, 1.807) is 6.20 Å². The van der Waals surface area contributed by atoms with Gasteiger partial charge >= 0.3 is 0 Å². The van der Waals surface area contributed by atoms with Crippen LogP contribution in [-0.2, 0) is 6.54 Å². The molecule has 16 heavy (non-hydrogen) atoms. The van der Waals surface area contributed by atoms with Gasteiger partial charge in [0.2, 0.25) is 0 Å². The van der Waals surface area contributed by atoms with Gasteiger partial charge in [-0.05, 0) is 29.7 Å². The van der Waals surface area contributed by atoms with Crippen LogP contribution in [0.2, 0.25) is 0 Å². The molecule has 0 aliphatic heterocycles. The molecule has 1 heterocycles. The van der Waals surface area contributed by atoms with Crippen LogP contribution in [-0.4, -0.2) is 4.98 Å². The van der Waals surface area contributed by atoms with Gasteiger partial charge in [0.05, 0.1) is 0 Å². The van der Waals surface area contributed by atoms with Gasteiger partial charge in [0.25, 0.3) is 5.56 Å². The molecule has 2 rings (SSSR count). The fourth-order valence-electron chi connectivity index (χ4n) is 1.84. The van der Waals surface area contributed by atoms with E-state index < -0.39 is 0 Å². The van der Waals surface area contributed by atoms with E-state index in [1.165, 1.54) is 0 Å². The van der Waals surface area contributed by atoms with E-state index in [-0.39, 0.29) is 12.1 Å². The van der Waals surface area contributed by atoms with Crippen LogP contribution in [0.5, 0.6) is 0 Å². The number of aryl methyl sites for hydroxylation is 1. The molecule has 0 bridgehead atoms. The fraction of sp³-hybridized carbons (Fsp3) is 0.154. The highest BCUT2D eigenvalue weighted by Gasteiger charge is 2.08. The summed E-state index contributed by atoms with van der Waals surface area (Å²) in [5, 5.41) is 0. The third-order valence-corrected chi connectivity index (χ3v) is 2.70. The number of hydrogen-bond acceptors (Lipinski definition) is 2. The predicted octanol–water partition coefficient (Wildman–Crippen LogP) is 1.81. The molecule has 0 aliphatic carbocycles. The first kappa shape index (κ1) is 10.6. The van der Waals surface area contributed by atoms with Gasteiger partial charge in [-0.15, -0.1) is 0 Å². The summed E-state index contributed by atoms with van der Waals surface area (Å²) in [5.41, 5.74) is 9.27. The normalized spacial score (nSPS) is 10.4. The average molecular weight is 214 g/mol. The summed E-state index contributed by atoms with van der Waals surface area (Å²) in [6.07, 6.45) is 1.66. The SMILES string of the molecule is Cc1ccccc1-c1cc[nH]c(=O)c1CN. The molecule has 0 aliphatic rings. The Balaban J connectivity index is 2.70. The number of H-pyrrole nitrogens is 1. The summed E-state index contributed by atoms with van der Waals surface area (Å²) in [4.78, 5) is 14.3. The summed E-state index contributed by atoms with van der Waals surface area (Å²) in [6, 6.07) is 9.87. The summed E-state index contributed by atoms with van der Waals surface area (Å²) in [5.74, 6) is 0. The van der Waals surface area contributed by atoms with Crippen LogP contribution in [0.15, 0.2) is 41.3 Å². The van der Waals surface area contributed by atoms with Crippen LogP contribution < -0.4 is 11.3 Å². The Bertz CT molecular complexity index is 558. The molecule has 0 spiro atoms. The van der Waals surface area contributed by atoms with Crippen molar-refractivity contribution in [3.05, 3.63) is 58.0 Å². The lowest BCUT2D eigenvalue weighted by Gasteiger charge is -2.09. The number of benzene rings is 1. The van der Waals surface area contributed by atoms with E-state index in [2.05, 4.69) is 4.98 Å². The molecule has 0 radical (unpaired) electrons. The van der Waals surface area contributed by atoms with Crippen LogP contribution >= 0.6 is 0 Å². The zero-order valence-electron chi connectivity index (χ0n) is 9.16. The molecular formula is C13H14N2O. The first-order chi connectivity index (χ1) is 7.74. The third-order valence-electron chi connectivity index (χ3n) is 2.70. The molecule has 1 aromatic carbocycles. The van der Waals surface area contributed by atoms with E-state index in [9.17, 15) is 4.79 Å². The van der Waals surface area contributed by atoms with Gasteiger partial charge in [-0.2, -0.15) is 0 Å². The Morgan fingerprint density at radius 2 is 1.94 bits per heavy atom. The Morgan fingerprint density at radius 1 is 1.19 bits per heavy atom. The molecule has 3 heteroatoms. The minimum absolute atomic E-state index is 0.108. The highest BCUT2D eigenvalue weighted by Crippen LogP contribution is 2.24. The number of nitrogens with two attached hydrogens (primary N) is 1. The number of aromatic amines is 1. The van der Waals surface area contributed by atoms with Crippen LogP contribution in [0, 0.1) is 6.92 Å². The van der Waals surface area contributed by atoms with Crippen molar-refractivity contribution in [3.63, 3.8) is 0 Å². The monoisotopic (exact) mass is 214 g/mol. The predicted molar refractivity (Wildman–Crippen MR) is 65.1 cm³/mol. The van der Waals surface area contributed by atoms with Gasteiger partial charge in [-0.3, -0.25) is 4.79 Å². The Hall–Kier alpha value is -1.87. The molecule has 0 fully saturated rings. The summed E-state index contributed by atoms with van der Waals surface area (Å²) in [7, 11) is 0. The maximum absolute atomic E-state index is 11.6. The van der Waals surface area contributed by atoms with Crippen LogP contribution in [0.4, 0.5) is 0 Å². The van der Waals surface area contributed by atoms with Crippen molar-refractivity contribution in [1.82, 2.24) is 4.98 Å². The topological polar surface area (TPSA) is 58.9 Å². The van der Waals surface area contributed by atoms with Crippen LogP contribution in [0.25, 0.3) is 11.1 Å². The van der Waals surface area contributed by atoms with Gasteiger partial charge < -0.3 is 10.7 Å². The molecular weight excluding hydrogens is 200 g/mol. The van der Waals surface area contributed by atoms with Crippen LogP contribution in [0.1, 0.15) is 11.1 Å². The van der Waals surface area contributed by atoms with E-state index in [4.69, 9.17) is 5.73 Å². The molecule has 1 aromatic heterocycles. The van der Waals surface area contributed by atoms with Gasteiger partial charge in [0, 0.05) is 18.3 Å². The number of nitrogens with one attached hydrogen (secondary N) is 1. The second kappa shape index (κ2) is 4.33. The first-order valence-corrected chi connectivity index (χ1v) is 5.20. The van der Waals surface area contributed by atoms with Crippen molar-refractivity contribution in [3.8, 4) is 11.1 Å². The highest BCUT2D eigenvalue weighted by atomic mass is 16.1. The Morgan fingerprint density at radius 3 is 2.62 bits per heavy atom. The molecule has 0 saturated heterocycles. The number of hydrogen-bond donors (Lipinski definition) is 2. The smallest absolute Gasteiger partial charge is 0.253 e.